The maximum absolute atomic E-state index is 13.4. The molecule has 1 aromatic heterocycles. The molecule has 1 heterocycles. The fourth-order valence-electron chi connectivity index (χ4n) is 1.51. The first kappa shape index (κ1) is 10.6. The molecule has 1 unspecified atom stereocenters. The van der Waals surface area contributed by atoms with E-state index in [9.17, 15) is 9.50 Å². The number of halogens is 1. The zero-order chi connectivity index (χ0) is 11.5. The lowest BCUT2D eigenvalue weighted by atomic mass is 10.0. The van der Waals surface area contributed by atoms with Gasteiger partial charge in [0.1, 0.15) is 11.9 Å². The second-order valence-corrected chi connectivity index (χ2v) is 3.43. The maximum atomic E-state index is 13.4. The molecule has 0 fully saturated rings. The highest BCUT2D eigenvalue weighted by molar-refractivity contribution is 5.48. The zero-order valence-electron chi connectivity index (χ0n) is 8.47. The Kier molecular flexibility index (Phi) is 2.83. The molecule has 0 aliphatic rings. The van der Waals surface area contributed by atoms with Crippen LogP contribution in [0.2, 0.25) is 0 Å². The second kappa shape index (κ2) is 4.28. The molecule has 82 valence electrons. The van der Waals surface area contributed by atoms with Crippen LogP contribution in [0.3, 0.4) is 0 Å². The van der Waals surface area contributed by atoms with Crippen molar-refractivity contribution in [3.05, 3.63) is 59.7 Å². The van der Waals surface area contributed by atoms with E-state index >= 15 is 0 Å². The van der Waals surface area contributed by atoms with Crippen molar-refractivity contribution in [2.45, 2.75) is 6.10 Å². The molecular formula is C12H11FN2O. The number of hydrogen-bond acceptors (Lipinski definition) is 3. The predicted molar refractivity (Wildman–Crippen MR) is 59.1 cm³/mol. The van der Waals surface area contributed by atoms with Crippen LogP contribution in [0.25, 0.3) is 0 Å². The molecule has 16 heavy (non-hydrogen) atoms. The monoisotopic (exact) mass is 218 g/mol. The van der Waals surface area contributed by atoms with Crippen molar-refractivity contribution in [3.63, 3.8) is 0 Å². The van der Waals surface area contributed by atoms with Crippen LogP contribution in [-0.4, -0.2) is 10.1 Å². The number of anilines is 1. The predicted octanol–water partition coefficient (Wildman–Crippen LogP) is 1.88. The van der Waals surface area contributed by atoms with E-state index in [-0.39, 0.29) is 5.56 Å². The van der Waals surface area contributed by atoms with Crippen LogP contribution in [0, 0.1) is 5.82 Å². The second-order valence-electron chi connectivity index (χ2n) is 3.43. The third-order valence-corrected chi connectivity index (χ3v) is 2.38. The Morgan fingerprint density at radius 1 is 1.19 bits per heavy atom. The molecule has 4 heteroatoms. The summed E-state index contributed by atoms with van der Waals surface area (Å²) < 4.78 is 13.4. The summed E-state index contributed by atoms with van der Waals surface area (Å²) in [5.74, 6) is -0.460. The van der Waals surface area contributed by atoms with Crippen LogP contribution in [0.4, 0.5) is 10.1 Å². The fourth-order valence-corrected chi connectivity index (χ4v) is 1.51. The number of benzene rings is 1. The number of aliphatic hydroxyl groups is 1. The van der Waals surface area contributed by atoms with Gasteiger partial charge in [0, 0.05) is 29.2 Å². The average Bonchev–Trinajstić information content (AvgIpc) is 2.29. The average molecular weight is 218 g/mol. The summed E-state index contributed by atoms with van der Waals surface area (Å²) in [6, 6.07) is 7.61. The Morgan fingerprint density at radius 2 is 1.94 bits per heavy atom. The van der Waals surface area contributed by atoms with Crippen molar-refractivity contribution in [2.75, 3.05) is 5.73 Å². The van der Waals surface area contributed by atoms with E-state index in [2.05, 4.69) is 4.98 Å². The van der Waals surface area contributed by atoms with Crippen molar-refractivity contribution in [1.82, 2.24) is 4.98 Å². The van der Waals surface area contributed by atoms with Crippen LogP contribution in [0.1, 0.15) is 17.2 Å². The zero-order valence-corrected chi connectivity index (χ0v) is 8.47. The number of aromatic nitrogens is 1. The first-order valence-corrected chi connectivity index (χ1v) is 4.82. The lowest BCUT2D eigenvalue weighted by Crippen LogP contribution is -2.06. The van der Waals surface area contributed by atoms with Crippen LogP contribution in [0.5, 0.6) is 0 Å². The number of nitrogens with zero attached hydrogens (tertiary/aromatic N) is 1. The Bertz CT molecular complexity index is 456. The molecule has 3 nitrogen and oxygen atoms in total. The maximum Gasteiger partial charge on any atom is 0.129 e. The summed E-state index contributed by atoms with van der Waals surface area (Å²) in [4.78, 5) is 3.86. The summed E-state index contributed by atoms with van der Waals surface area (Å²) >= 11 is 0. The lowest BCUT2D eigenvalue weighted by molar-refractivity contribution is 0.215. The highest BCUT2D eigenvalue weighted by Crippen LogP contribution is 2.27. The molecule has 3 N–H and O–H groups in total. The van der Waals surface area contributed by atoms with Gasteiger partial charge < -0.3 is 10.8 Å². The van der Waals surface area contributed by atoms with Crippen molar-refractivity contribution in [2.24, 2.45) is 0 Å². The largest absolute Gasteiger partial charge is 0.398 e. The minimum atomic E-state index is -1.09. The van der Waals surface area contributed by atoms with E-state index < -0.39 is 11.9 Å². The van der Waals surface area contributed by atoms with Crippen LogP contribution in [0.15, 0.2) is 42.7 Å². The number of rotatable bonds is 2. The first-order chi connectivity index (χ1) is 7.70. The first-order valence-electron chi connectivity index (χ1n) is 4.82. The molecule has 0 saturated heterocycles. The normalized spacial score (nSPS) is 12.4. The molecule has 0 aliphatic heterocycles. The quantitative estimate of drug-likeness (QED) is 0.809. The molecule has 0 bridgehead atoms. The van der Waals surface area contributed by atoms with E-state index in [4.69, 9.17) is 5.73 Å². The van der Waals surface area contributed by atoms with Gasteiger partial charge >= 0.3 is 0 Å². The van der Waals surface area contributed by atoms with E-state index in [0.717, 1.165) is 0 Å². The Morgan fingerprint density at radius 3 is 2.62 bits per heavy atom. The third kappa shape index (κ3) is 1.87. The smallest absolute Gasteiger partial charge is 0.129 e. The number of pyridine rings is 1. The van der Waals surface area contributed by atoms with Crippen LogP contribution >= 0.6 is 0 Å². The highest BCUT2D eigenvalue weighted by atomic mass is 19.1. The molecule has 0 radical (unpaired) electrons. The molecule has 2 aromatic rings. The summed E-state index contributed by atoms with van der Waals surface area (Å²) in [6.07, 6.45) is 1.87. The van der Waals surface area contributed by atoms with Gasteiger partial charge in [0.25, 0.3) is 0 Å². The van der Waals surface area contributed by atoms with E-state index in [1.54, 1.807) is 18.2 Å². The van der Waals surface area contributed by atoms with Gasteiger partial charge in [-0.25, -0.2) is 4.39 Å². The van der Waals surface area contributed by atoms with E-state index in [1.807, 2.05) is 0 Å². The number of nitrogen functional groups attached to an aromatic ring is 1. The summed E-state index contributed by atoms with van der Waals surface area (Å²) in [6.45, 7) is 0. The van der Waals surface area contributed by atoms with Crippen molar-refractivity contribution in [1.29, 1.82) is 0 Å². The third-order valence-electron chi connectivity index (χ3n) is 2.38. The van der Waals surface area contributed by atoms with Gasteiger partial charge in [0.15, 0.2) is 0 Å². The summed E-state index contributed by atoms with van der Waals surface area (Å²) in [7, 11) is 0. The highest BCUT2D eigenvalue weighted by Gasteiger charge is 2.16. The van der Waals surface area contributed by atoms with Gasteiger partial charge in [0.05, 0.1) is 0 Å². The van der Waals surface area contributed by atoms with Crippen molar-refractivity contribution < 1.29 is 9.50 Å². The van der Waals surface area contributed by atoms with Crippen LogP contribution in [-0.2, 0) is 0 Å². The van der Waals surface area contributed by atoms with Gasteiger partial charge in [-0.05, 0) is 12.1 Å². The summed E-state index contributed by atoms with van der Waals surface area (Å²) in [5.41, 5.74) is 6.69. The van der Waals surface area contributed by atoms with Gasteiger partial charge in [-0.1, -0.05) is 18.2 Å². The molecule has 0 amide bonds. The topological polar surface area (TPSA) is 59.1 Å². The molecule has 2 rings (SSSR count). The molecule has 0 spiro atoms. The molecule has 1 aromatic carbocycles. The molecule has 0 aliphatic carbocycles. The SMILES string of the molecule is Nc1ccncc1C(O)c1ccccc1F. The number of hydrogen-bond donors (Lipinski definition) is 2. The minimum Gasteiger partial charge on any atom is -0.398 e. The molecule has 0 saturated carbocycles. The van der Waals surface area contributed by atoms with Gasteiger partial charge in [0.2, 0.25) is 0 Å². The van der Waals surface area contributed by atoms with Gasteiger partial charge in [-0.3, -0.25) is 4.98 Å². The van der Waals surface area contributed by atoms with Gasteiger partial charge in [-0.2, -0.15) is 0 Å². The number of aliphatic hydroxyl groups excluding tert-OH is 1. The fraction of sp³-hybridized carbons (Fsp3) is 0.0833. The Hall–Kier alpha value is -1.94. The van der Waals surface area contributed by atoms with Crippen molar-refractivity contribution >= 4 is 5.69 Å². The van der Waals surface area contributed by atoms with Crippen molar-refractivity contribution in [3.8, 4) is 0 Å². The Balaban J connectivity index is 2.44. The molecule has 1 atom stereocenters. The number of nitrogens with two attached hydrogens (primary N) is 1. The minimum absolute atomic E-state index is 0.196. The standard InChI is InChI=1S/C12H11FN2O/c13-10-4-2-1-3-8(10)12(16)9-7-15-6-5-11(9)14/h1-7,12,16H,(H2,14,15). The van der Waals surface area contributed by atoms with Gasteiger partial charge in [-0.15, -0.1) is 0 Å². The Labute approximate surface area is 92.4 Å². The van der Waals surface area contributed by atoms with E-state index in [1.165, 1.54) is 24.5 Å². The summed E-state index contributed by atoms with van der Waals surface area (Å²) in [5, 5.41) is 9.99. The molecular weight excluding hydrogens is 207 g/mol. The van der Waals surface area contributed by atoms with Crippen LogP contribution < -0.4 is 5.73 Å². The van der Waals surface area contributed by atoms with E-state index in [0.29, 0.717) is 11.3 Å². The lowest BCUT2D eigenvalue weighted by Gasteiger charge is -2.13.